The van der Waals surface area contributed by atoms with Gasteiger partial charge in [-0.3, -0.25) is 0 Å². The standard InChI is InChI=1S/C18H36/c1-7-9-17(6)18(10-8-2)14-13-16(5)12-11-15(3)4/h13,15,17-18H,7-12,14H2,1-6H3. The van der Waals surface area contributed by atoms with E-state index in [2.05, 4.69) is 47.6 Å². The van der Waals surface area contributed by atoms with E-state index in [0.717, 1.165) is 17.8 Å². The molecule has 0 aliphatic rings. The topological polar surface area (TPSA) is 0 Å². The molecule has 0 N–H and O–H groups in total. The van der Waals surface area contributed by atoms with Crippen LogP contribution in [0.15, 0.2) is 11.6 Å². The Labute approximate surface area is 116 Å². The number of hydrogen-bond acceptors (Lipinski definition) is 0. The first-order valence-corrected chi connectivity index (χ1v) is 8.16. The molecule has 0 bridgehead atoms. The third-order valence-corrected chi connectivity index (χ3v) is 4.09. The van der Waals surface area contributed by atoms with Gasteiger partial charge in [0.05, 0.1) is 0 Å². The van der Waals surface area contributed by atoms with Crippen molar-refractivity contribution in [1.82, 2.24) is 0 Å². The van der Waals surface area contributed by atoms with E-state index in [1.807, 2.05) is 0 Å². The lowest BCUT2D eigenvalue weighted by Gasteiger charge is -2.22. The average Bonchev–Trinajstić information content (AvgIpc) is 2.32. The summed E-state index contributed by atoms with van der Waals surface area (Å²) in [5.74, 6) is 2.63. The highest BCUT2D eigenvalue weighted by molar-refractivity contribution is 4.99. The smallest absolute Gasteiger partial charge is 0.0317 e. The van der Waals surface area contributed by atoms with E-state index >= 15 is 0 Å². The van der Waals surface area contributed by atoms with Crippen LogP contribution in [-0.4, -0.2) is 0 Å². The maximum atomic E-state index is 2.52. The molecule has 0 aliphatic heterocycles. The van der Waals surface area contributed by atoms with Gasteiger partial charge in [0.25, 0.3) is 0 Å². The Kier molecular flexibility index (Phi) is 10.5. The van der Waals surface area contributed by atoms with Gasteiger partial charge in [0.2, 0.25) is 0 Å². The molecule has 0 rings (SSSR count). The molecule has 18 heavy (non-hydrogen) atoms. The van der Waals surface area contributed by atoms with Crippen molar-refractivity contribution in [3.05, 3.63) is 11.6 Å². The summed E-state index contributed by atoms with van der Waals surface area (Å²) in [6, 6.07) is 0. The van der Waals surface area contributed by atoms with Crippen LogP contribution in [0.4, 0.5) is 0 Å². The molecule has 108 valence electrons. The minimum atomic E-state index is 0.832. The van der Waals surface area contributed by atoms with Crippen LogP contribution in [0.5, 0.6) is 0 Å². The Balaban J connectivity index is 4.18. The summed E-state index contributed by atoms with van der Waals surface area (Å²) in [7, 11) is 0. The number of rotatable bonds is 10. The van der Waals surface area contributed by atoms with Gasteiger partial charge in [-0.25, -0.2) is 0 Å². The van der Waals surface area contributed by atoms with Crippen LogP contribution in [0.3, 0.4) is 0 Å². The molecule has 0 aliphatic carbocycles. The highest BCUT2D eigenvalue weighted by Gasteiger charge is 2.14. The molecule has 0 nitrogen and oxygen atoms in total. The van der Waals surface area contributed by atoms with Crippen LogP contribution in [0, 0.1) is 17.8 Å². The second-order valence-electron chi connectivity index (χ2n) is 6.53. The summed E-state index contributed by atoms with van der Waals surface area (Å²) in [5.41, 5.74) is 1.61. The van der Waals surface area contributed by atoms with Crippen molar-refractivity contribution in [3.8, 4) is 0 Å². The van der Waals surface area contributed by atoms with Gasteiger partial charge in [0.15, 0.2) is 0 Å². The van der Waals surface area contributed by atoms with Crippen molar-refractivity contribution in [3.63, 3.8) is 0 Å². The van der Waals surface area contributed by atoms with Gasteiger partial charge in [-0.2, -0.15) is 0 Å². The normalized spacial score (nSPS) is 16.1. The molecule has 0 spiro atoms. The molecule has 0 aromatic heterocycles. The Bertz CT molecular complexity index is 212. The molecule has 0 saturated carbocycles. The Hall–Kier alpha value is -0.260. The lowest BCUT2D eigenvalue weighted by atomic mass is 9.84. The summed E-state index contributed by atoms with van der Waals surface area (Å²) in [6.45, 7) is 14.0. The van der Waals surface area contributed by atoms with Gasteiger partial charge < -0.3 is 0 Å². The van der Waals surface area contributed by atoms with Gasteiger partial charge in [-0.15, -0.1) is 0 Å². The minimum absolute atomic E-state index is 0.832. The maximum absolute atomic E-state index is 2.52. The summed E-state index contributed by atoms with van der Waals surface area (Å²) in [6.07, 6.45) is 11.9. The monoisotopic (exact) mass is 252 g/mol. The Morgan fingerprint density at radius 2 is 1.56 bits per heavy atom. The van der Waals surface area contributed by atoms with E-state index in [9.17, 15) is 0 Å². The molecule has 0 saturated heterocycles. The van der Waals surface area contributed by atoms with Gasteiger partial charge in [0.1, 0.15) is 0 Å². The lowest BCUT2D eigenvalue weighted by Crippen LogP contribution is -2.11. The molecule has 0 radical (unpaired) electrons. The molecule has 2 atom stereocenters. The molecule has 0 fully saturated rings. The van der Waals surface area contributed by atoms with Crippen molar-refractivity contribution in [2.45, 2.75) is 86.5 Å². The molecular formula is C18H36. The Morgan fingerprint density at radius 3 is 2.06 bits per heavy atom. The summed E-state index contributed by atoms with van der Waals surface area (Å²) < 4.78 is 0. The van der Waals surface area contributed by atoms with Gasteiger partial charge in [-0.05, 0) is 43.9 Å². The number of hydrogen-bond donors (Lipinski definition) is 0. The van der Waals surface area contributed by atoms with Gasteiger partial charge >= 0.3 is 0 Å². The van der Waals surface area contributed by atoms with Crippen molar-refractivity contribution >= 4 is 0 Å². The van der Waals surface area contributed by atoms with Crippen molar-refractivity contribution in [2.24, 2.45) is 17.8 Å². The molecule has 0 heteroatoms. The third-order valence-electron chi connectivity index (χ3n) is 4.09. The molecular weight excluding hydrogens is 216 g/mol. The van der Waals surface area contributed by atoms with E-state index in [1.54, 1.807) is 5.57 Å². The molecule has 0 heterocycles. The lowest BCUT2D eigenvalue weighted by molar-refractivity contribution is 0.315. The minimum Gasteiger partial charge on any atom is -0.0853 e. The fourth-order valence-electron chi connectivity index (χ4n) is 2.67. The highest BCUT2D eigenvalue weighted by atomic mass is 14.2. The van der Waals surface area contributed by atoms with E-state index in [-0.39, 0.29) is 0 Å². The van der Waals surface area contributed by atoms with Crippen LogP contribution < -0.4 is 0 Å². The van der Waals surface area contributed by atoms with Gasteiger partial charge in [0, 0.05) is 0 Å². The predicted molar refractivity (Wildman–Crippen MR) is 84.9 cm³/mol. The first-order valence-electron chi connectivity index (χ1n) is 8.16. The zero-order chi connectivity index (χ0) is 14.0. The maximum Gasteiger partial charge on any atom is -0.0317 e. The molecule has 2 unspecified atom stereocenters. The summed E-state index contributed by atoms with van der Waals surface area (Å²) >= 11 is 0. The fraction of sp³-hybridized carbons (Fsp3) is 0.889. The summed E-state index contributed by atoms with van der Waals surface area (Å²) in [4.78, 5) is 0. The van der Waals surface area contributed by atoms with Crippen LogP contribution in [0.1, 0.15) is 86.5 Å². The predicted octanol–water partition coefficient (Wildman–Crippen LogP) is 6.61. The Morgan fingerprint density at radius 1 is 0.944 bits per heavy atom. The molecule has 0 aromatic rings. The summed E-state index contributed by atoms with van der Waals surface area (Å²) in [5, 5.41) is 0. The first kappa shape index (κ1) is 17.7. The second kappa shape index (κ2) is 10.6. The first-order chi connectivity index (χ1) is 8.51. The van der Waals surface area contributed by atoms with Crippen LogP contribution in [0.2, 0.25) is 0 Å². The average molecular weight is 252 g/mol. The van der Waals surface area contributed by atoms with Crippen LogP contribution >= 0.6 is 0 Å². The van der Waals surface area contributed by atoms with E-state index in [4.69, 9.17) is 0 Å². The quantitative estimate of drug-likeness (QED) is 0.384. The molecule has 0 aromatic carbocycles. The van der Waals surface area contributed by atoms with E-state index < -0.39 is 0 Å². The van der Waals surface area contributed by atoms with Gasteiger partial charge in [-0.1, -0.05) is 72.0 Å². The van der Waals surface area contributed by atoms with Crippen LogP contribution in [-0.2, 0) is 0 Å². The second-order valence-corrected chi connectivity index (χ2v) is 6.53. The highest BCUT2D eigenvalue weighted by Crippen LogP contribution is 2.26. The van der Waals surface area contributed by atoms with Crippen LogP contribution in [0.25, 0.3) is 0 Å². The number of allylic oxidation sites excluding steroid dienone is 2. The SMILES string of the molecule is CCCC(C)C(CC=C(C)CCC(C)C)CCC. The third kappa shape index (κ3) is 8.78. The fourth-order valence-corrected chi connectivity index (χ4v) is 2.67. The zero-order valence-electron chi connectivity index (χ0n) is 13.8. The zero-order valence-corrected chi connectivity index (χ0v) is 13.8. The van der Waals surface area contributed by atoms with Crippen molar-refractivity contribution in [2.75, 3.05) is 0 Å². The largest absolute Gasteiger partial charge is 0.0853 e. The van der Waals surface area contributed by atoms with E-state index in [0.29, 0.717) is 0 Å². The van der Waals surface area contributed by atoms with E-state index in [1.165, 1.54) is 44.9 Å². The molecule has 0 amide bonds. The van der Waals surface area contributed by atoms with Crippen molar-refractivity contribution in [1.29, 1.82) is 0 Å². The van der Waals surface area contributed by atoms with Crippen molar-refractivity contribution < 1.29 is 0 Å².